The second kappa shape index (κ2) is 14.2. The highest BCUT2D eigenvalue weighted by molar-refractivity contribution is 5.99. The van der Waals surface area contributed by atoms with Crippen LogP contribution in [-0.2, 0) is 14.3 Å². The highest BCUT2D eigenvalue weighted by Crippen LogP contribution is 2.28. The molecule has 2 aromatic rings. The first kappa shape index (κ1) is 31.9. The molecule has 214 valence electrons. The summed E-state index contributed by atoms with van der Waals surface area (Å²) >= 11 is 0. The Morgan fingerprint density at radius 1 is 0.949 bits per heavy atom. The average Bonchev–Trinajstić information content (AvgIpc) is 2.82. The maximum absolute atomic E-state index is 14.3. The number of amides is 3. The number of carbonyl (C=O) groups excluding carboxylic acids is 3. The van der Waals surface area contributed by atoms with Crippen LogP contribution < -0.4 is 10.6 Å². The molecule has 2 rings (SSSR count). The standard InChI is InChI=1S/C32H47N3O4/c1-10-11-18-35(30(37)27(19-21(2)3)34-31(38)39-32(7,8)9)28(25-17-16-22(4)24(6)20-25)29(36)33-26-15-13-12-14-23(26)5/h12-17,20-21,27-28H,10-11,18-19H2,1-9H3,(H,33,36)(H,34,38). The quantitative estimate of drug-likeness (QED) is 0.328. The molecule has 2 atom stereocenters. The highest BCUT2D eigenvalue weighted by Gasteiger charge is 2.36. The zero-order valence-corrected chi connectivity index (χ0v) is 25.2. The third-order valence-electron chi connectivity index (χ3n) is 6.54. The number of unbranched alkanes of at least 4 members (excludes halogenated alkanes) is 1. The first-order valence-electron chi connectivity index (χ1n) is 14.0. The largest absolute Gasteiger partial charge is 0.444 e. The van der Waals surface area contributed by atoms with Gasteiger partial charge in [0.2, 0.25) is 5.91 Å². The van der Waals surface area contributed by atoms with Gasteiger partial charge in [0.15, 0.2) is 0 Å². The molecule has 0 saturated heterocycles. The van der Waals surface area contributed by atoms with Crippen molar-refractivity contribution in [3.63, 3.8) is 0 Å². The molecule has 7 nitrogen and oxygen atoms in total. The van der Waals surface area contributed by atoms with Gasteiger partial charge in [0, 0.05) is 12.2 Å². The zero-order valence-electron chi connectivity index (χ0n) is 25.2. The van der Waals surface area contributed by atoms with Gasteiger partial charge < -0.3 is 20.3 Å². The van der Waals surface area contributed by atoms with E-state index in [0.29, 0.717) is 25.1 Å². The van der Waals surface area contributed by atoms with Crippen molar-refractivity contribution in [2.75, 3.05) is 11.9 Å². The van der Waals surface area contributed by atoms with Crippen LogP contribution in [0.4, 0.5) is 10.5 Å². The van der Waals surface area contributed by atoms with Crippen molar-refractivity contribution in [2.45, 2.75) is 99.3 Å². The summed E-state index contributed by atoms with van der Waals surface area (Å²) in [6, 6.07) is 11.7. The minimum absolute atomic E-state index is 0.128. The lowest BCUT2D eigenvalue weighted by Crippen LogP contribution is -2.53. The van der Waals surface area contributed by atoms with Gasteiger partial charge in [-0.05, 0) is 88.6 Å². The van der Waals surface area contributed by atoms with Gasteiger partial charge in [-0.25, -0.2) is 4.79 Å². The normalized spacial score (nSPS) is 13.0. The van der Waals surface area contributed by atoms with Crippen LogP contribution in [0, 0.1) is 26.7 Å². The van der Waals surface area contributed by atoms with Crippen molar-refractivity contribution in [2.24, 2.45) is 5.92 Å². The Bertz CT molecular complexity index is 1140. The lowest BCUT2D eigenvalue weighted by Gasteiger charge is -2.35. The predicted molar refractivity (Wildman–Crippen MR) is 158 cm³/mol. The number of anilines is 1. The number of aryl methyl sites for hydroxylation is 3. The molecule has 0 radical (unpaired) electrons. The SMILES string of the molecule is CCCCN(C(=O)C(CC(C)C)NC(=O)OC(C)(C)C)C(C(=O)Nc1ccccc1C)c1ccc(C)c(C)c1. The van der Waals surface area contributed by atoms with Crippen LogP contribution in [0.5, 0.6) is 0 Å². The maximum atomic E-state index is 14.3. The molecule has 0 aliphatic heterocycles. The van der Waals surface area contributed by atoms with Crippen LogP contribution in [0.2, 0.25) is 0 Å². The molecule has 2 unspecified atom stereocenters. The molecule has 0 aromatic heterocycles. The second-order valence-corrected chi connectivity index (χ2v) is 11.8. The van der Waals surface area contributed by atoms with Gasteiger partial charge in [0.25, 0.3) is 5.91 Å². The Morgan fingerprint density at radius 2 is 1.62 bits per heavy atom. The molecule has 2 N–H and O–H groups in total. The highest BCUT2D eigenvalue weighted by atomic mass is 16.6. The molecule has 2 aromatic carbocycles. The fraction of sp³-hybridized carbons (Fsp3) is 0.531. The minimum atomic E-state index is -0.877. The van der Waals surface area contributed by atoms with E-state index in [9.17, 15) is 14.4 Å². The van der Waals surface area contributed by atoms with Crippen LogP contribution in [0.1, 0.15) is 89.1 Å². The van der Waals surface area contributed by atoms with E-state index in [2.05, 4.69) is 10.6 Å². The number of nitrogens with one attached hydrogen (secondary N) is 2. The van der Waals surface area contributed by atoms with E-state index in [0.717, 1.165) is 28.7 Å². The molecular weight excluding hydrogens is 490 g/mol. The summed E-state index contributed by atoms with van der Waals surface area (Å²) in [6.45, 7) is 17.7. The van der Waals surface area contributed by atoms with Crippen molar-refractivity contribution < 1.29 is 19.1 Å². The molecule has 3 amide bonds. The molecule has 0 aliphatic rings. The molecule has 0 spiro atoms. The van der Waals surface area contributed by atoms with Crippen LogP contribution in [0.3, 0.4) is 0 Å². The maximum Gasteiger partial charge on any atom is 0.408 e. The molecule has 0 heterocycles. The number of ether oxygens (including phenoxy) is 1. The molecule has 0 fully saturated rings. The third kappa shape index (κ3) is 9.72. The molecule has 0 aliphatic carbocycles. The van der Waals surface area contributed by atoms with Gasteiger partial charge in [0.05, 0.1) is 0 Å². The monoisotopic (exact) mass is 537 g/mol. The van der Waals surface area contributed by atoms with Crippen LogP contribution in [-0.4, -0.2) is 41.0 Å². The first-order valence-corrected chi connectivity index (χ1v) is 14.0. The summed E-state index contributed by atoms with van der Waals surface area (Å²) in [5.41, 5.74) is 3.80. The van der Waals surface area contributed by atoms with E-state index < -0.39 is 23.8 Å². The molecular formula is C32H47N3O4. The van der Waals surface area contributed by atoms with Gasteiger partial charge in [-0.15, -0.1) is 0 Å². The van der Waals surface area contributed by atoms with Crippen molar-refractivity contribution >= 4 is 23.6 Å². The van der Waals surface area contributed by atoms with Crippen LogP contribution in [0.15, 0.2) is 42.5 Å². The molecule has 0 bridgehead atoms. The fourth-order valence-electron chi connectivity index (χ4n) is 4.36. The van der Waals surface area contributed by atoms with Gasteiger partial charge in [-0.3, -0.25) is 9.59 Å². The summed E-state index contributed by atoms with van der Waals surface area (Å²) in [4.78, 5) is 42.6. The smallest absolute Gasteiger partial charge is 0.408 e. The number of hydrogen-bond acceptors (Lipinski definition) is 4. The zero-order chi connectivity index (χ0) is 29.3. The minimum Gasteiger partial charge on any atom is -0.444 e. The van der Waals surface area contributed by atoms with E-state index in [-0.39, 0.29) is 17.7 Å². The second-order valence-electron chi connectivity index (χ2n) is 11.8. The van der Waals surface area contributed by atoms with Crippen LogP contribution in [0.25, 0.3) is 0 Å². The molecule has 7 heteroatoms. The number of rotatable bonds is 11. The van der Waals surface area contributed by atoms with Gasteiger partial charge in [-0.1, -0.05) is 63.6 Å². The number of nitrogens with zero attached hydrogens (tertiary/aromatic N) is 1. The van der Waals surface area contributed by atoms with Gasteiger partial charge >= 0.3 is 6.09 Å². The Morgan fingerprint density at radius 3 is 2.18 bits per heavy atom. The van der Waals surface area contributed by atoms with E-state index >= 15 is 0 Å². The Hall–Kier alpha value is -3.35. The van der Waals surface area contributed by atoms with Crippen molar-refractivity contribution in [3.8, 4) is 0 Å². The van der Waals surface area contributed by atoms with Gasteiger partial charge in [-0.2, -0.15) is 0 Å². The van der Waals surface area contributed by atoms with Crippen molar-refractivity contribution in [1.82, 2.24) is 10.2 Å². The van der Waals surface area contributed by atoms with Gasteiger partial charge in [0.1, 0.15) is 17.7 Å². The topological polar surface area (TPSA) is 87.7 Å². The number of carbonyl (C=O) groups is 3. The summed E-state index contributed by atoms with van der Waals surface area (Å²) < 4.78 is 5.47. The number of para-hydroxylation sites is 1. The summed E-state index contributed by atoms with van der Waals surface area (Å²) in [5, 5.41) is 5.86. The summed E-state index contributed by atoms with van der Waals surface area (Å²) in [5.74, 6) is -0.466. The average molecular weight is 538 g/mol. The fourth-order valence-corrected chi connectivity index (χ4v) is 4.36. The summed E-state index contributed by atoms with van der Waals surface area (Å²) in [6.07, 6.45) is 1.33. The van der Waals surface area contributed by atoms with E-state index in [1.54, 1.807) is 25.7 Å². The number of benzene rings is 2. The lowest BCUT2D eigenvalue weighted by atomic mass is 9.96. The van der Waals surface area contributed by atoms with Crippen molar-refractivity contribution in [1.29, 1.82) is 0 Å². The Kier molecular flexibility index (Phi) is 11.6. The number of hydrogen-bond donors (Lipinski definition) is 2. The molecule has 39 heavy (non-hydrogen) atoms. The lowest BCUT2D eigenvalue weighted by molar-refractivity contribution is -0.141. The van der Waals surface area contributed by atoms with Crippen molar-refractivity contribution in [3.05, 3.63) is 64.7 Å². The molecule has 0 saturated carbocycles. The summed E-state index contributed by atoms with van der Waals surface area (Å²) in [7, 11) is 0. The van der Waals surface area contributed by atoms with E-state index in [4.69, 9.17) is 4.74 Å². The van der Waals surface area contributed by atoms with E-state index in [1.807, 2.05) is 84.0 Å². The number of alkyl carbamates (subject to hydrolysis) is 1. The predicted octanol–water partition coefficient (Wildman–Crippen LogP) is 6.86. The third-order valence-corrected chi connectivity index (χ3v) is 6.54. The Labute approximate surface area is 234 Å². The first-order chi connectivity index (χ1) is 18.2. The Balaban J connectivity index is 2.57. The van der Waals surface area contributed by atoms with E-state index in [1.165, 1.54) is 0 Å². The van der Waals surface area contributed by atoms with Crippen LogP contribution >= 0.6 is 0 Å².